The Labute approximate surface area is 83.0 Å². The van der Waals surface area contributed by atoms with Gasteiger partial charge in [0.15, 0.2) is 17.9 Å². The van der Waals surface area contributed by atoms with Crippen LogP contribution in [0.3, 0.4) is 0 Å². The molecule has 2 aromatic heterocycles. The van der Waals surface area contributed by atoms with E-state index >= 15 is 0 Å². The number of H-pyrrole nitrogens is 1. The Morgan fingerprint density at radius 3 is 2.40 bits per heavy atom. The molecule has 0 saturated carbocycles. The minimum atomic E-state index is -0.832. The summed E-state index contributed by atoms with van der Waals surface area (Å²) in [7, 11) is 0. The highest BCUT2D eigenvalue weighted by Gasteiger charge is 2.14. The molecule has 0 unspecified atom stereocenters. The first-order chi connectivity index (χ1) is 7.22. The Bertz CT molecular complexity index is 490. The van der Waals surface area contributed by atoms with Gasteiger partial charge in [-0.3, -0.25) is 9.78 Å². The van der Waals surface area contributed by atoms with E-state index < -0.39 is 11.6 Å². The highest BCUT2D eigenvalue weighted by atomic mass is 19.1. The molecule has 6 heteroatoms. The maximum atomic E-state index is 13.2. The average molecular weight is 209 g/mol. The van der Waals surface area contributed by atoms with Gasteiger partial charge in [-0.1, -0.05) is 0 Å². The van der Waals surface area contributed by atoms with Crippen LogP contribution in [0, 0.1) is 11.6 Å². The van der Waals surface area contributed by atoms with Crippen molar-refractivity contribution in [3.05, 3.63) is 35.9 Å². The SMILES string of the molecule is O=Cc1cnc(-c2c(F)cncc2F)[nH]1. The molecule has 0 spiro atoms. The van der Waals surface area contributed by atoms with Crippen LogP contribution in [0.4, 0.5) is 8.78 Å². The van der Waals surface area contributed by atoms with E-state index in [9.17, 15) is 13.6 Å². The summed E-state index contributed by atoms with van der Waals surface area (Å²) in [6.07, 6.45) is 3.46. The molecule has 2 heterocycles. The number of hydrogen-bond acceptors (Lipinski definition) is 3. The number of nitrogens with zero attached hydrogens (tertiary/aromatic N) is 2. The highest BCUT2D eigenvalue weighted by molar-refractivity contribution is 5.73. The Balaban J connectivity index is 2.58. The second-order valence-electron chi connectivity index (χ2n) is 2.78. The van der Waals surface area contributed by atoms with Crippen molar-refractivity contribution in [1.82, 2.24) is 15.0 Å². The van der Waals surface area contributed by atoms with E-state index in [1.54, 1.807) is 0 Å². The van der Waals surface area contributed by atoms with Gasteiger partial charge in [-0.2, -0.15) is 0 Å². The number of rotatable bonds is 2. The zero-order chi connectivity index (χ0) is 10.8. The summed E-state index contributed by atoms with van der Waals surface area (Å²) in [5.41, 5.74) is -0.168. The van der Waals surface area contributed by atoms with Crippen LogP contribution >= 0.6 is 0 Å². The number of aromatic nitrogens is 3. The van der Waals surface area contributed by atoms with Crippen molar-refractivity contribution < 1.29 is 13.6 Å². The van der Waals surface area contributed by atoms with Gasteiger partial charge >= 0.3 is 0 Å². The molecule has 0 aliphatic carbocycles. The Kier molecular flexibility index (Phi) is 2.24. The fourth-order valence-corrected chi connectivity index (χ4v) is 1.16. The van der Waals surface area contributed by atoms with Gasteiger partial charge < -0.3 is 4.98 Å². The lowest BCUT2D eigenvalue weighted by Crippen LogP contribution is -1.93. The summed E-state index contributed by atoms with van der Waals surface area (Å²) in [4.78, 5) is 19.8. The number of hydrogen-bond donors (Lipinski definition) is 1. The van der Waals surface area contributed by atoms with Crippen molar-refractivity contribution in [3.63, 3.8) is 0 Å². The minimum absolute atomic E-state index is 0.0329. The second-order valence-corrected chi connectivity index (χ2v) is 2.78. The molecule has 2 aromatic rings. The lowest BCUT2D eigenvalue weighted by Gasteiger charge is -1.99. The van der Waals surface area contributed by atoms with E-state index in [1.165, 1.54) is 6.20 Å². The lowest BCUT2D eigenvalue weighted by molar-refractivity contribution is 0.111. The second kappa shape index (κ2) is 3.56. The zero-order valence-electron chi connectivity index (χ0n) is 7.37. The summed E-state index contributed by atoms with van der Waals surface area (Å²) >= 11 is 0. The third-order valence-electron chi connectivity index (χ3n) is 1.81. The fraction of sp³-hybridized carbons (Fsp3) is 0. The summed E-state index contributed by atoms with van der Waals surface area (Å²) in [6, 6.07) is 0. The van der Waals surface area contributed by atoms with Crippen LogP contribution in [0.25, 0.3) is 11.4 Å². The molecule has 0 aliphatic heterocycles. The summed E-state index contributed by atoms with van der Waals surface area (Å²) in [5.74, 6) is -1.70. The Morgan fingerprint density at radius 1 is 1.20 bits per heavy atom. The molecular formula is C9H5F2N3O. The van der Waals surface area contributed by atoms with Crippen LogP contribution in [-0.4, -0.2) is 21.2 Å². The molecule has 15 heavy (non-hydrogen) atoms. The standard InChI is InChI=1S/C9H5F2N3O/c10-6-2-12-3-7(11)8(6)9-13-1-5(4-15)14-9/h1-4H,(H,13,14). The Hall–Kier alpha value is -2.11. The van der Waals surface area contributed by atoms with Crippen LogP contribution < -0.4 is 0 Å². The number of nitrogens with one attached hydrogen (secondary N) is 1. The monoisotopic (exact) mass is 209 g/mol. The molecule has 0 atom stereocenters. The maximum absolute atomic E-state index is 13.2. The first-order valence-corrected chi connectivity index (χ1v) is 4.02. The number of aldehydes is 1. The van der Waals surface area contributed by atoms with Gasteiger partial charge in [-0.15, -0.1) is 0 Å². The van der Waals surface area contributed by atoms with E-state index in [2.05, 4.69) is 15.0 Å². The van der Waals surface area contributed by atoms with Crippen LogP contribution in [0.15, 0.2) is 18.6 Å². The molecular weight excluding hydrogens is 204 g/mol. The van der Waals surface area contributed by atoms with Crippen molar-refractivity contribution >= 4 is 6.29 Å². The molecule has 0 amide bonds. The number of imidazole rings is 1. The predicted molar refractivity (Wildman–Crippen MR) is 47.1 cm³/mol. The van der Waals surface area contributed by atoms with Crippen molar-refractivity contribution in [3.8, 4) is 11.4 Å². The largest absolute Gasteiger partial charge is 0.336 e. The molecule has 0 bridgehead atoms. The molecule has 76 valence electrons. The third kappa shape index (κ3) is 1.61. The van der Waals surface area contributed by atoms with Gasteiger partial charge in [0.2, 0.25) is 0 Å². The number of carbonyl (C=O) groups excluding carboxylic acids is 1. The van der Waals surface area contributed by atoms with E-state index in [0.717, 1.165) is 12.4 Å². The van der Waals surface area contributed by atoms with Gasteiger partial charge in [0.25, 0.3) is 0 Å². The number of carbonyl (C=O) groups is 1. The molecule has 4 nitrogen and oxygen atoms in total. The van der Waals surface area contributed by atoms with E-state index in [4.69, 9.17) is 0 Å². The lowest BCUT2D eigenvalue weighted by atomic mass is 10.2. The zero-order valence-corrected chi connectivity index (χ0v) is 7.37. The van der Waals surface area contributed by atoms with Crippen LogP contribution in [0.2, 0.25) is 0 Å². The topological polar surface area (TPSA) is 58.6 Å². The molecule has 0 fully saturated rings. The smallest absolute Gasteiger partial charge is 0.167 e. The third-order valence-corrected chi connectivity index (χ3v) is 1.81. The van der Waals surface area contributed by atoms with Gasteiger partial charge in [0.1, 0.15) is 5.82 Å². The molecule has 1 N–H and O–H groups in total. The van der Waals surface area contributed by atoms with Gasteiger partial charge in [0.05, 0.1) is 29.8 Å². The van der Waals surface area contributed by atoms with E-state index in [-0.39, 0.29) is 17.1 Å². The molecule has 2 rings (SSSR count). The number of pyridine rings is 1. The van der Waals surface area contributed by atoms with Crippen LogP contribution in [-0.2, 0) is 0 Å². The van der Waals surface area contributed by atoms with Crippen molar-refractivity contribution in [1.29, 1.82) is 0 Å². The minimum Gasteiger partial charge on any atom is -0.336 e. The number of halogens is 2. The van der Waals surface area contributed by atoms with Crippen molar-refractivity contribution in [2.45, 2.75) is 0 Å². The molecule has 0 saturated heterocycles. The maximum Gasteiger partial charge on any atom is 0.167 e. The predicted octanol–water partition coefficient (Wildman–Crippen LogP) is 1.56. The number of aromatic amines is 1. The molecule has 0 aliphatic rings. The highest BCUT2D eigenvalue weighted by Crippen LogP contribution is 2.21. The summed E-state index contributed by atoms with van der Waals surface area (Å²) < 4.78 is 26.4. The summed E-state index contributed by atoms with van der Waals surface area (Å²) in [5, 5.41) is 0. The van der Waals surface area contributed by atoms with E-state index in [0.29, 0.717) is 6.29 Å². The normalized spacial score (nSPS) is 10.3. The molecule has 0 aromatic carbocycles. The first-order valence-electron chi connectivity index (χ1n) is 4.02. The molecule has 0 radical (unpaired) electrons. The van der Waals surface area contributed by atoms with Gasteiger partial charge in [-0.25, -0.2) is 13.8 Å². The van der Waals surface area contributed by atoms with Crippen molar-refractivity contribution in [2.75, 3.05) is 0 Å². The average Bonchev–Trinajstić information content (AvgIpc) is 2.66. The van der Waals surface area contributed by atoms with Crippen molar-refractivity contribution in [2.24, 2.45) is 0 Å². The van der Waals surface area contributed by atoms with Crippen LogP contribution in [0.5, 0.6) is 0 Å². The Morgan fingerprint density at radius 2 is 1.87 bits per heavy atom. The summed E-state index contributed by atoms with van der Waals surface area (Å²) in [6.45, 7) is 0. The quantitative estimate of drug-likeness (QED) is 0.763. The van der Waals surface area contributed by atoms with Gasteiger partial charge in [0, 0.05) is 0 Å². The first kappa shape index (κ1) is 9.45. The van der Waals surface area contributed by atoms with Crippen LogP contribution in [0.1, 0.15) is 10.5 Å². The van der Waals surface area contributed by atoms with Gasteiger partial charge in [-0.05, 0) is 0 Å². The fourth-order valence-electron chi connectivity index (χ4n) is 1.16. The van der Waals surface area contributed by atoms with E-state index in [1.807, 2.05) is 0 Å².